The fourth-order valence-corrected chi connectivity index (χ4v) is 1.85. The second-order valence-corrected chi connectivity index (χ2v) is 4.45. The zero-order valence-corrected chi connectivity index (χ0v) is 11.7. The average Bonchev–Trinajstić information content (AvgIpc) is 2.38. The molecular formula is C14H11ClF3NO2. The third-order valence-corrected chi connectivity index (χ3v) is 2.74. The molecule has 0 aliphatic rings. The van der Waals surface area contributed by atoms with Crippen LogP contribution in [0, 0.1) is 6.92 Å². The normalized spacial score (nSPS) is 11.3. The predicted molar refractivity (Wildman–Crippen MR) is 71.7 cm³/mol. The Balaban J connectivity index is 2.29. The Labute approximate surface area is 124 Å². The van der Waals surface area contributed by atoms with E-state index in [1.807, 2.05) is 0 Å². The van der Waals surface area contributed by atoms with E-state index >= 15 is 0 Å². The van der Waals surface area contributed by atoms with E-state index in [0.29, 0.717) is 5.69 Å². The van der Waals surface area contributed by atoms with Gasteiger partial charge >= 0.3 is 6.36 Å². The molecule has 1 aromatic carbocycles. The smallest absolute Gasteiger partial charge is 0.435 e. The lowest BCUT2D eigenvalue weighted by Gasteiger charge is -2.13. The maximum Gasteiger partial charge on any atom is 0.573 e. The monoisotopic (exact) mass is 317 g/mol. The van der Waals surface area contributed by atoms with Crippen molar-refractivity contribution in [3.63, 3.8) is 0 Å². The van der Waals surface area contributed by atoms with Gasteiger partial charge in [-0.25, -0.2) is 4.98 Å². The minimum absolute atomic E-state index is 0.0755. The van der Waals surface area contributed by atoms with Gasteiger partial charge in [-0.2, -0.15) is 0 Å². The van der Waals surface area contributed by atoms with E-state index in [1.54, 1.807) is 19.1 Å². The van der Waals surface area contributed by atoms with Crippen molar-refractivity contribution in [2.75, 3.05) is 0 Å². The number of hydrogen-bond donors (Lipinski definition) is 0. The summed E-state index contributed by atoms with van der Waals surface area (Å²) in [5.74, 6) is -0.0986. The third kappa shape index (κ3) is 4.53. The van der Waals surface area contributed by atoms with Crippen molar-refractivity contribution in [3.05, 3.63) is 47.7 Å². The summed E-state index contributed by atoms with van der Waals surface area (Å²) in [6.45, 7) is 1.74. The zero-order valence-electron chi connectivity index (χ0n) is 10.9. The first-order valence-electron chi connectivity index (χ1n) is 5.93. The van der Waals surface area contributed by atoms with Gasteiger partial charge in [0.15, 0.2) is 11.5 Å². The lowest BCUT2D eigenvalue weighted by Crippen LogP contribution is -2.17. The second-order valence-electron chi connectivity index (χ2n) is 4.19. The number of benzene rings is 1. The molecule has 1 heterocycles. The predicted octanol–water partition coefficient (Wildman–Crippen LogP) is 4.82. The number of para-hydroxylation sites is 2. The van der Waals surface area contributed by atoms with E-state index in [9.17, 15) is 13.2 Å². The van der Waals surface area contributed by atoms with Gasteiger partial charge in [0.25, 0.3) is 0 Å². The molecule has 3 nitrogen and oxygen atoms in total. The van der Waals surface area contributed by atoms with Crippen LogP contribution in [0.2, 0.25) is 0 Å². The molecule has 0 fully saturated rings. The van der Waals surface area contributed by atoms with Crippen molar-refractivity contribution >= 4 is 11.6 Å². The lowest BCUT2D eigenvalue weighted by molar-refractivity contribution is -0.275. The van der Waals surface area contributed by atoms with Crippen molar-refractivity contribution in [1.82, 2.24) is 4.98 Å². The van der Waals surface area contributed by atoms with Crippen LogP contribution < -0.4 is 9.47 Å². The molecule has 0 atom stereocenters. The molecule has 0 aliphatic carbocycles. The molecule has 0 saturated carbocycles. The number of nitrogens with zero attached hydrogens (tertiary/aromatic N) is 1. The van der Waals surface area contributed by atoms with Crippen molar-refractivity contribution in [2.45, 2.75) is 19.2 Å². The molecule has 0 unspecified atom stereocenters. The van der Waals surface area contributed by atoms with Gasteiger partial charge in [0.1, 0.15) is 0 Å². The first kappa shape index (κ1) is 15.4. The fraction of sp³-hybridized carbons (Fsp3) is 0.214. The summed E-state index contributed by atoms with van der Waals surface area (Å²) < 4.78 is 46.3. The SMILES string of the molecule is Cc1cc(CCl)cc(Oc2ccccc2OC(F)(F)F)n1. The van der Waals surface area contributed by atoms with E-state index in [4.69, 9.17) is 16.3 Å². The van der Waals surface area contributed by atoms with E-state index < -0.39 is 12.1 Å². The fourth-order valence-electron chi connectivity index (χ4n) is 1.69. The van der Waals surface area contributed by atoms with Crippen LogP contribution in [0.15, 0.2) is 36.4 Å². The van der Waals surface area contributed by atoms with Crippen LogP contribution in [-0.2, 0) is 5.88 Å². The van der Waals surface area contributed by atoms with Crippen molar-refractivity contribution < 1.29 is 22.6 Å². The highest BCUT2D eigenvalue weighted by molar-refractivity contribution is 6.17. The summed E-state index contributed by atoms with van der Waals surface area (Å²) >= 11 is 5.74. The first-order valence-corrected chi connectivity index (χ1v) is 6.47. The summed E-state index contributed by atoms with van der Waals surface area (Å²) in [4.78, 5) is 4.10. The van der Waals surface area contributed by atoms with E-state index in [0.717, 1.165) is 5.56 Å². The minimum atomic E-state index is -4.79. The largest absolute Gasteiger partial charge is 0.573 e. The molecule has 0 bridgehead atoms. The number of aryl methyl sites for hydroxylation is 1. The van der Waals surface area contributed by atoms with Crippen molar-refractivity contribution in [3.8, 4) is 17.4 Å². The van der Waals surface area contributed by atoms with Crippen LogP contribution in [-0.4, -0.2) is 11.3 Å². The Bertz CT molecular complexity index is 632. The molecule has 0 amide bonds. The number of rotatable bonds is 4. The quantitative estimate of drug-likeness (QED) is 0.758. The van der Waals surface area contributed by atoms with Gasteiger partial charge in [0.05, 0.1) is 0 Å². The van der Waals surface area contributed by atoms with Crippen LogP contribution in [0.25, 0.3) is 0 Å². The van der Waals surface area contributed by atoms with Crippen LogP contribution in [0.3, 0.4) is 0 Å². The van der Waals surface area contributed by atoms with Gasteiger partial charge in [-0.1, -0.05) is 12.1 Å². The van der Waals surface area contributed by atoms with Crippen LogP contribution in [0.4, 0.5) is 13.2 Å². The number of aromatic nitrogens is 1. The molecule has 2 aromatic rings. The minimum Gasteiger partial charge on any atom is -0.435 e. The Kier molecular flexibility index (Phi) is 4.57. The Morgan fingerprint density at radius 3 is 2.43 bits per heavy atom. The number of hydrogen-bond acceptors (Lipinski definition) is 3. The third-order valence-electron chi connectivity index (χ3n) is 2.43. The standard InChI is InChI=1S/C14H11ClF3NO2/c1-9-6-10(8-15)7-13(19-9)20-11-4-2-3-5-12(11)21-14(16,17)18/h2-7H,8H2,1H3. The molecule has 0 radical (unpaired) electrons. The van der Waals surface area contributed by atoms with E-state index in [-0.39, 0.29) is 17.5 Å². The summed E-state index contributed by atoms with van der Waals surface area (Å²) in [6, 6.07) is 8.81. The molecule has 1 aromatic heterocycles. The second kappa shape index (κ2) is 6.22. The van der Waals surface area contributed by atoms with E-state index in [2.05, 4.69) is 9.72 Å². The van der Waals surface area contributed by atoms with Crippen LogP contribution in [0.5, 0.6) is 17.4 Å². The number of halogens is 4. The van der Waals surface area contributed by atoms with Crippen LogP contribution >= 0.6 is 11.6 Å². The van der Waals surface area contributed by atoms with Gasteiger partial charge in [0, 0.05) is 17.6 Å². The number of ether oxygens (including phenoxy) is 2. The lowest BCUT2D eigenvalue weighted by atomic mass is 10.2. The van der Waals surface area contributed by atoms with Crippen LogP contribution in [0.1, 0.15) is 11.3 Å². The summed E-state index contributed by atoms with van der Waals surface area (Å²) in [5.41, 5.74) is 1.41. The highest BCUT2D eigenvalue weighted by Crippen LogP contribution is 2.34. The topological polar surface area (TPSA) is 31.4 Å². The van der Waals surface area contributed by atoms with Crippen molar-refractivity contribution in [1.29, 1.82) is 0 Å². The van der Waals surface area contributed by atoms with Gasteiger partial charge in [0.2, 0.25) is 5.88 Å². The molecule has 112 valence electrons. The van der Waals surface area contributed by atoms with Gasteiger partial charge in [-0.15, -0.1) is 24.8 Å². The Hall–Kier alpha value is -1.95. The molecule has 0 spiro atoms. The highest BCUT2D eigenvalue weighted by Gasteiger charge is 2.32. The number of alkyl halides is 4. The highest BCUT2D eigenvalue weighted by atomic mass is 35.5. The molecule has 0 N–H and O–H groups in total. The molecule has 0 saturated heterocycles. The maximum absolute atomic E-state index is 12.3. The molecule has 7 heteroatoms. The Morgan fingerprint density at radius 2 is 1.81 bits per heavy atom. The summed E-state index contributed by atoms with van der Waals surface area (Å²) in [5, 5.41) is 0. The maximum atomic E-state index is 12.3. The molecule has 21 heavy (non-hydrogen) atoms. The van der Waals surface area contributed by atoms with Gasteiger partial charge in [-0.05, 0) is 30.7 Å². The molecular weight excluding hydrogens is 307 g/mol. The summed E-state index contributed by atoms with van der Waals surface area (Å²) in [6.07, 6.45) is -4.79. The average molecular weight is 318 g/mol. The molecule has 2 rings (SSSR count). The molecule has 0 aliphatic heterocycles. The zero-order chi connectivity index (χ0) is 15.5. The first-order chi connectivity index (χ1) is 9.87. The van der Waals surface area contributed by atoms with E-state index in [1.165, 1.54) is 24.3 Å². The van der Waals surface area contributed by atoms with Crippen molar-refractivity contribution in [2.24, 2.45) is 0 Å². The van der Waals surface area contributed by atoms with Gasteiger partial charge in [-0.3, -0.25) is 0 Å². The number of pyridine rings is 1. The van der Waals surface area contributed by atoms with Gasteiger partial charge < -0.3 is 9.47 Å². The summed E-state index contributed by atoms with van der Waals surface area (Å²) in [7, 11) is 0. The Morgan fingerprint density at radius 1 is 1.14 bits per heavy atom.